The molecule has 3 fully saturated rings. The summed E-state index contributed by atoms with van der Waals surface area (Å²) >= 11 is 0. The lowest BCUT2D eigenvalue weighted by Crippen LogP contribution is -2.24. The summed E-state index contributed by atoms with van der Waals surface area (Å²) in [6.07, 6.45) is 0.185. The van der Waals surface area contributed by atoms with Gasteiger partial charge in [-0.2, -0.15) is 13.5 Å². The Kier molecular flexibility index (Phi) is 2.30. The second kappa shape index (κ2) is 3.31. The van der Waals surface area contributed by atoms with Gasteiger partial charge in [-0.3, -0.25) is 19.2 Å². The molecule has 6 nitrogen and oxygen atoms in total. The third kappa shape index (κ3) is 1.14. The van der Waals surface area contributed by atoms with E-state index in [-0.39, 0.29) is 19.9 Å². The summed E-state index contributed by atoms with van der Waals surface area (Å²) in [4.78, 5) is 45.0. The van der Waals surface area contributed by atoms with Gasteiger partial charge >= 0.3 is 23.9 Å². The number of esters is 4. The highest BCUT2D eigenvalue weighted by molar-refractivity contribution is 7.59. The number of hydrogen-bond acceptors (Lipinski definition) is 6. The molecule has 2 aliphatic heterocycles. The van der Waals surface area contributed by atoms with Crippen molar-refractivity contribution in [2.75, 3.05) is 0 Å². The fourth-order valence-corrected chi connectivity index (χ4v) is 2.66. The summed E-state index contributed by atoms with van der Waals surface area (Å²) in [5.41, 5.74) is 0. The van der Waals surface area contributed by atoms with Gasteiger partial charge in [0.2, 0.25) is 0 Å². The van der Waals surface area contributed by atoms with Crippen LogP contribution in [0.15, 0.2) is 0 Å². The lowest BCUT2D eigenvalue weighted by atomic mass is 9.90. The molecule has 4 atom stereocenters. The van der Waals surface area contributed by atoms with Crippen molar-refractivity contribution in [2.24, 2.45) is 23.7 Å². The smallest absolute Gasteiger partial charge is 0.318 e. The fraction of sp³-hybridized carbons (Fsp3) is 0.556. The quantitative estimate of drug-likeness (QED) is 0.407. The van der Waals surface area contributed by atoms with Gasteiger partial charge in [0.05, 0.1) is 23.7 Å². The van der Waals surface area contributed by atoms with Crippen LogP contribution in [0, 0.1) is 23.7 Å². The second-order valence-electron chi connectivity index (χ2n) is 3.98. The van der Waals surface area contributed by atoms with Crippen LogP contribution in [0.5, 0.6) is 0 Å². The number of rotatable bonds is 0. The molecule has 0 amide bonds. The summed E-state index contributed by atoms with van der Waals surface area (Å²) < 4.78 is 8.85. The average molecular weight is 244 g/mol. The minimum absolute atomic E-state index is 0. The van der Waals surface area contributed by atoms with Crippen LogP contribution in [0.4, 0.5) is 0 Å². The average Bonchev–Trinajstić information content (AvgIpc) is 2.72. The molecule has 2 heterocycles. The van der Waals surface area contributed by atoms with Crippen LogP contribution >= 0.6 is 13.5 Å². The maximum Gasteiger partial charge on any atom is 0.318 e. The number of hydrogen-bond donors (Lipinski definition) is 0. The first-order valence-electron chi connectivity index (χ1n) is 4.60. The van der Waals surface area contributed by atoms with Crippen LogP contribution in [-0.4, -0.2) is 23.9 Å². The molecule has 0 radical (unpaired) electrons. The molecule has 0 N–H and O–H groups in total. The van der Waals surface area contributed by atoms with Crippen LogP contribution in [0.1, 0.15) is 6.42 Å². The van der Waals surface area contributed by atoms with E-state index in [1.54, 1.807) is 0 Å². The summed E-state index contributed by atoms with van der Waals surface area (Å²) in [7, 11) is 0. The molecule has 0 aromatic heterocycles. The monoisotopic (exact) mass is 244 g/mol. The van der Waals surface area contributed by atoms with E-state index >= 15 is 0 Å². The van der Waals surface area contributed by atoms with Crippen molar-refractivity contribution in [3.8, 4) is 0 Å². The molecular formula is C9H8O6S. The van der Waals surface area contributed by atoms with Crippen molar-refractivity contribution < 1.29 is 28.7 Å². The van der Waals surface area contributed by atoms with E-state index in [0.717, 1.165) is 0 Å². The van der Waals surface area contributed by atoms with E-state index in [4.69, 9.17) is 0 Å². The molecule has 0 spiro atoms. The van der Waals surface area contributed by atoms with Gasteiger partial charge in [-0.15, -0.1) is 0 Å². The summed E-state index contributed by atoms with van der Waals surface area (Å²) in [5, 5.41) is 0. The van der Waals surface area contributed by atoms with Crippen molar-refractivity contribution in [3.63, 3.8) is 0 Å². The molecule has 3 rings (SSSR count). The van der Waals surface area contributed by atoms with E-state index in [1.807, 2.05) is 0 Å². The van der Waals surface area contributed by atoms with Gasteiger partial charge in [0, 0.05) is 0 Å². The molecule has 3 aliphatic rings. The van der Waals surface area contributed by atoms with Crippen LogP contribution < -0.4 is 0 Å². The molecule has 16 heavy (non-hydrogen) atoms. The first-order chi connectivity index (χ1) is 7.09. The zero-order chi connectivity index (χ0) is 10.7. The fourth-order valence-electron chi connectivity index (χ4n) is 2.66. The number of fused-ring (bicyclic) bond motifs is 3. The summed E-state index contributed by atoms with van der Waals surface area (Å²) in [5.74, 6) is -5.54. The Labute approximate surface area is 96.7 Å². The Bertz CT molecular complexity index is 378. The van der Waals surface area contributed by atoms with Gasteiger partial charge in [-0.05, 0) is 6.42 Å². The minimum atomic E-state index is -0.804. The molecule has 1 saturated carbocycles. The van der Waals surface area contributed by atoms with E-state index in [1.165, 1.54) is 0 Å². The molecule has 1 aliphatic carbocycles. The van der Waals surface area contributed by atoms with Crippen molar-refractivity contribution in [3.05, 3.63) is 0 Å². The molecule has 2 saturated heterocycles. The Morgan fingerprint density at radius 3 is 1.50 bits per heavy atom. The van der Waals surface area contributed by atoms with Crippen molar-refractivity contribution in [1.82, 2.24) is 0 Å². The molecule has 0 aromatic carbocycles. The van der Waals surface area contributed by atoms with Gasteiger partial charge in [-0.1, -0.05) is 0 Å². The van der Waals surface area contributed by atoms with Crippen molar-refractivity contribution >= 4 is 37.4 Å². The predicted octanol–water partition coefficient (Wildman–Crippen LogP) is -0.866. The number of carbonyl (C=O) groups excluding carboxylic acids is 4. The Hall–Kier alpha value is -1.37. The summed E-state index contributed by atoms with van der Waals surface area (Å²) in [6, 6.07) is 0. The van der Waals surface area contributed by atoms with Crippen LogP contribution in [0.2, 0.25) is 0 Å². The highest BCUT2D eigenvalue weighted by Crippen LogP contribution is 2.49. The Morgan fingerprint density at radius 1 is 0.750 bits per heavy atom. The van der Waals surface area contributed by atoms with E-state index in [2.05, 4.69) is 9.47 Å². The van der Waals surface area contributed by atoms with Gasteiger partial charge in [0.15, 0.2) is 0 Å². The Balaban J connectivity index is 0.000000963. The Morgan fingerprint density at radius 2 is 1.12 bits per heavy atom. The lowest BCUT2D eigenvalue weighted by Gasteiger charge is -2.06. The molecule has 0 bridgehead atoms. The maximum absolute atomic E-state index is 11.3. The number of carbonyl (C=O) groups is 4. The minimum Gasteiger partial charge on any atom is -0.393 e. The van der Waals surface area contributed by atoms with E-state index in [9.17, 15) is 19.2 Å². The normalized spacial score (nSPS) is 40.0. The third-order valence-corrected chi connectivity index (χ3v) is 3.31. The maximum atomic E-state index is 11.3. The second-order valence-corrected chi connectivity index (χ2v) is 3.98. The highest BCUT2D eigenvalue weighted by atomic mass is 32.1. The third-order valence-electron chi connectivity index (χ3n) is 3.31. The van der Waals surface area contributed by atoms with E-state index < -0.39 is 47.5 Å². The van der Waals surface area contributed by atoms with Gasteiger partial charge in [-0.25, -0.2) is 0 Å². The van der Waals surface area contributed by atoms with Crippen molar-refractivity contribution in [2.45, 2.75) is 6.42 Å². The molecule has 7 heteroatoms. The van der Waals surface area contributed by atoms with Gasteiger partial charge in [0.1, 0.15) is 0 Å². The SMILES string of the molecule is O=C1OC(=O)C2C1CC1C(=O)OC(=O)C12.S. The van der Waals surface area contributed by atoms with Crippen molar-refractivity contribution in [1.29, 1.82) is 0 Å². The number of cyclic esters (lactones) is 4. The van der Waals surface area contributed by atoms with Crippen LogP contribution in [-0.2, 0) is 28.7 Å². The number of ether oxygens (including phenoxy) is 2. The topological polar surface area (TPSA) is 86.7 Å². The zero-order valence-electron chi connectivity index (χ0n) is 7.97. The lowest BCUT2D eigenvalue weighted by molar-refractivity contribution is -0.158. The largest absolute Gasteiger partial charge is 0.393 e. The summed E-state index contributed by atoms with van der Waals surface area (Å²) in [6.45, 7) is 0. The molecule has 4 unspecified atom stereocenters. The van der Waals surface area contributed by atoms with Crippen LogP contribution in [0.3, 0.4) is 0 Å². The van der Waals surface area contributed by atoms with E-state index in [0.29, 0.717) is 0 Å². The van der Waals surface area contributed by atoms with Gasteiger partial charge < -0.3 is 9.47 Å². The molecular weight excluding hydrogens is 236 g/mol. The zero-order valence-corrected chi connectivity index (χ0v) is 8.97. The highest BCUT2D eigenvalue weighted by Gasteiger charge is 2.64. The van der Waals surface area contributed by atoms with Gasteiger partial charge in [0.25, 0.3) is 0 Å². The first-order valence-corrected chi connectivity index (χ1v) is 4.60. The standard InChI is InChI=1S/C9H6O6.H2S/c10-6-2-1-3-5(4(2)8(12)14-6)9(13)15-7(3)11;/h2-5H,1H2;1H2. The first kappa shape index (κ1) is 11.1. The predicted molar refractivity (Wildman–Crippen MR) is 51.2 cm³/mol. The van der Waals surface area contributed by atoms with Crippen LogP contribution in [0.25, 0.3) is 0 Å². The molecule has 0 aromatic rings. The molecule has 86 valence electrons.